The molecule has 2 heterocycles. The molecule has 0 aromatic rings. The fourth-order valence-corrected chi connectivity index (χ4v) is 3.47. The summed E-state index contributed by atoms with van der Waals surface area (Å²) in [7, 11) is 0. The van der Waals surface area contributed by atoms with E-state index in [-0.39, 0.29) is 29.8 Å². The van der Waals surface area contributed by atoms with Gasteiger partial charge in [0.25, 0.3) is 0 Å². The minimum atomic E-state index is -0.433. The molecule has 0 saturated carbocycles. The Balaban J connectivity index is 2.44. The summed E-state index contributed by atoms with van der Waals surface area (Å²) < 4.78 is 5.70. The van der Waals surface area contributed by atoms with Crippen molar-refractivity contribution in [3.8, 4) is 0 Å². The Morgan fingerprint density at radius 3 is 2.29 bits per heavy atom. The van der Waals surface area contributed by atoms with E-state index >= 15 is 0 Å². The first-order chi connectivity index (χ1) is 9.70. The highest BCUT2D eigenvalue weighted by molar-refractivity contribution is 5.97. The van der Waals surface area contributed by atoms with Crippen molar-refractivity contribution in [1.29, 1.82) is 0 Å². The Morgan fingerprint density at radius 2 is 1.86 bits per heavy atom. The van der Waals surface area contributed by atoms with Crippen LogP contribution in [0.25, 0.3) is 0 Å². The monoisotopic (exact) mass is 296 g/mol. The van der Waals surface area contributed by atoms with Gasteiger partial charge in [-0.1, -0.05) is 27.7 Å². The topological polar surface area (TPSA) is 58.6 Å². The summed E-state index contributed by atoms with van der Waals surface area (Å²) in [5, 5.41) is 2.91. The second-order valence-electron chi connectivity index (χ2n) is 7.25. The van der Waals surface area contributed by atoms with Crippen molar-refractivity contribution >= 4 is 11.8 Å². The minimum absolute atomic E-state index is 0.0307. The number of carbonyl (C=O) groups excluding carboxylic acids is 2. The molecule has 2 fully saturated rings. The first-order valence-corrected chi connectivity index (χ1v) is 7.95. The third kappa shape index (κ3) is 2.56. The number of hydrogen-bond acceptors (Lipinski definition) is 3. The summed E-state index contributed by atoms with van der Waals surface area (Å²) in [6.07, 6.45) is 0.725. The highest BCUT2D eigenvalue weighted by Crippen LogP contribution is 2.37. The fraction of sp³-hybridized carbons (Fsp3) is 0.875. The zero-order chi connectivity index (χ0) is 15.9. The molecule has 0 aromatic carbocycles. The van der Waals surface area contributed by atoms with Gasteiger partial charge in [-0.2, -0.15) is 0 Å². The van der Waals surface area contributed by atoms with Gasteiger partial charge in [0.2, 0.25) is 11.8 Å². The van der Waals surface area contributed by atoms with Gasteiger partial charge in [0, 0.05) is 6.61 Å². The lowest BCUT2D eigenvalue weighted by Crippen LogP contribution is -2.72. The van der Waals surface area contributed by atoms with Gasteiger partial charge in [-0.25, -0.2) is 0 Å². The molecule has 5 heteroatoms. The lowest BCUT2D eigenvalue weighted by molar-refractivity contribution is -0.162. The van der Waals surface area contributed by atoms with Crippen LogP contribution in [0.5, 0.6) is 0 Å². The Morgan fingerprint density at radius 1 is 1.24 bits per heavy atom. The largest absolute Gasteiger partial charge is 0.376 e. The van der Waals surface area contributed by atoms with Crippen LogP contribution < -0.4 is 5.32 Å². The second-order valence-corrected chi connectivity index (χ2v) is 7.25. The SMILES string of the molecule is CC(C)C1NC(=O)C(C(C)C)N(C2(C)CCOC2C)C1=O. The molecule has 0 aliphatic carbocycles. The molecule has 0 radical (unpaired) electrons. The van der Waals surface area contributed by atoms with Crippen molar-refractivity contribution in [2.24, 2.45) is 11.8 Å². The molecule has 4 atom stereocenters. The van der Waals surface area contributed by atoms with Crippen LogP contribution in [0.4, 0.5) is 0 Å². The Bertz CT molecular complexity index is 435. The van der Waals surface area contributed by atoms with Crippen molar-refractivity contribution in [3.05, 3.63) is 0 Å². The second kappa shape index (κ2) is 5.59. The lowest BCUT2D eigenvalue weighted by Gasteiger charge is -2.50. The van der Waals surface area contributed by atoms with E-state index in [1.54, 1.807) is 0 Å². The van der Waals surface area contributed by atoms with Gasteiger partial charge in [-0.05, 0) is 32.1 Å². The first-order valence-electron chi connectivity index (χ1n) is 7.95. The summed E-state index contributed by atoms with van der Waals surface area (Å²) in [4.78, 5) is 27.4. The van der Waals surface area contributed by atoms with Crippen LogP contribution in [-0.4, -0.2) is 47.0 Å². The highest BCUT2D eigenvalue weighted by atomic mass is 16.5. The maximum absolute atomic E-state index is 13.0. The summed E-state index contributed by atoms with van der Waals surface area (Å²) in [5.74, 6) is 0.150. The highest BCUT2D eigenvalue weighted by Gasteiger charge is 2.54. The summed E-state index contributed by atoms with van der Waals surface area (Å²) in [6.45, 7) is 12.6. The van der Waals surface area contributed by atoms with Gasteiger partial charge in [0.15, 0.2) is 0 Å². The van der Waals surface area contributed by atoms with Gasteiger partial charge in [0.05, 0.1) is 11.6 Å². The molecule has 0 aromatic heterocycles. The van der Waals surface area contributed by atoms with Crippen LogP contribution in [0.2, 0.25) is 0 Å². The Labute approximate surface area is 127 Å². The molecule has 1 N–H and O–H groups in total. The first kappa shape index (κ1) is 16.3. The maximum Gasteiger partial charge on any atom is 0.246 e. The quantitative estimate of drug-likeness (QED) is 0.860. The molecule has 120 valence electrons. The lowest BCUT2D eigenvalue weighted by atomic mass is 9.83. The predicted molar refractivity (Wildman–Crippen MR) is 80.7 cm³/mol. The van der Waals surface area contributed by atoms with Crippen LogP contribution in [0, 0.1) is 11.8 Å². The number of piperazine rings is 1. The van der Waals surface area contributed by atoms with E-state index in [1.165, 1.54) is 0 Å². The van der Waals surface area contributed by atoms with Crippen molar-refractivity contribution in [2.75, 3.05) is 6.61 Å². The van der Waals surface area contributed by atoms with E-state index in [0.29, 0.717) is 6.61 Å². The zero-order valence-electron chi connectivity index (χ0n) is 14.0. The molecule has 0 bridgehead atoms. The number of carbonyl (C=O) groups is 2. The number of amides is 2. The van der Waals surface area contributed by atoms with Crippen LogP contribution in [0.3, 0.4) is 0 Å². The van der Waals surface area contributed by atoms with Gasteiger partial charge in [0.1, 0.15) is 12.1 Å². The number of nitrogens with zero attached hydrogens (tertiary/aromatic N) is 1. The molecule has 2 amide bonds. The van der Waals surface area contributed by atoms with Crippen LogP contribution in [0.1, 0.15) is 48.0 Å². The smallest absolute Gasteiger partial charge is 0.246 e. The molecule has 2 saturated heterocycles. The normalized spacial score (nSPS) is 37.5. The van der Waals surface area contributed by atoms with E-state index in [9.17, 15) is 9.59 Å². The molecular formula is C16H28N2O3. The number of nitrogens with one attached hydrogen (secondary N) is 1. The average molecular weight is 296 g/mol. The molecule has 2 aliphatic heterocycles. The Hall–Kier alpha value is -1.10. The van der Waals surface area contributed by atoms with Crippen molar-refractivity contribution in [1.82, 2.24) is 10.2 Å². The molecule has 5 nitrogen and oxygen atoms in total. The molecule has 0 spiro atoms. The van der Waals surface area contributed by atoms with Gasteiger partial charge < -0.3 is 15.0 Å². The van der Waals surface area contributed by atoms with E-state index < -0.39 is 17.6 Å². The van der Waals surface area contributed by atoms with Crippen LogP contribution in [0.15, 0.2) is 0 Å². The van der Waals surface area contributed by atoms with E-state index in [1.807, 2.05) is 46.4 Å². The molecule has 21 heavy (non-hydrogen) atoms. The third-order valence-electron chi connectivity index (χ3n) is 5.05. The maximum atomic E-state index is 13.0. The zero-order valence-corrected chi connectivity index (χ0v) is 14.0. The van der Waals surface area contributed by atoms with E-state index in [2.05, 4.69) is 5.32 Å². The Kier molecular flexibility index (Phi) is 4.34. The number of rotatable bonds is 3. The third-order valence-corrected chi connectivity index (χ3v) is 5.05. The molecule has 4 unspecified atom stereocenters. The summed E-state index contributed by atoms with van der Waals surface area (Å²) >= 11 is 0. The number of hydrogen-bond donors (Lipinski definition) is 1. The average Bonchev–Trinajstić information content (AvgIpc) is 2.71. The van der Waals surface area contributed by atoms with Crippen LogP contribution in [-0.2, 0) is 14.3 Å². The summed E-state index contributed by atoms with van der Waals surface area (Å²) in [6, 6.07) is -0.848. The van der Waals surface area contributed by atoms with Crippen molar-refractivity contribution in [2.45, 2.75) is 71.7 Å². The minimum Gasteiger partial charge on any atom is -0.376 e. The molecule has 2 rings (SSSR count). The summed E-state index contributed by atoms with van der Waals surface area (Å²) in [5.41, 5.74) is -0.406. The molecule has 2 aliphatic rings. The van der Waals surface area contributed by atoms with Crippen LogP contribution >= 0.6 is 0 Å². The number of ether oxygens (including phenoxy) is 1. The van der Waals surface area contributed by atoms with Crippen molar-refractivity contribution in [3.63, 3.8) is 0 Å². The standard InChI is InChI=1S/C16H28N2O3/c1-9(2)12-15(20)18(13(10(3)4)14(19)17-12)16(6)7-8-21-11(16)5/h9-13H,7-8H2,1-6H3,(H,17,19). The van der Waals surface area contributed by atoms with Crippen molar-refractivity contribution < 1.29 is 14.3 Å². The predicted octanol–water partition coefficient (Wildman–Crippen LogP) is 1.56. The van der Waals surface area contributed by atoms with E-state index in [4.69, 9.17) is 4.74 Å². The van der Waals surface area contributed by atoms with E-state index in [0.717, 1.165) is 6.42 Å². The molecular weight excluding hydrogens is 268 g/mol. The van der Waals surface area contributed by atoms with Gasteiger partial charge in [-0.15, -0.1) is 0 Å². The van der Waals surface area contributed by atoms with Gasteiger partial charge in [-0.3, -0.25) is 9.59 Å². The van der Waals surface area contributed by atoms with Gasteiger partial charge >= 0.3 is 0 Å². The fourth-order valence-electron chi connectivity index (χ4n) is 3.47.